The lowest BCUT2D eigenvalue weighted by Crippen LogP contribution is -2.17. The summed E-state index contributed by atoms with van der Waals surface area (Å²) in [4.78, 5) is 15.7. The number of carbonyl (C=O) groups is 1. The van der Waals surface area contributed by atoms with E-state index in [1.807, 2.05) is 57.2 Å². The van der Waals surface area contributed by atoms with E-state index in [2.05, 4.69) is 31.8 Å². The molecule has 0 aliphatic carbocycles. The summed E-state index contributed by atoms with van der Waals surface area (Å²) in [6.07, 6.45) is 3.52. The Labute approximate surface area is 155 Å². The largest absolute Gasteiger partial charge is 0.460 e. The van der Waals surface area contributed by atoms with Gasteiger partial charge in [0.2, 0.25) is 0 Å². The highest BCUT2D eigenvalue weighted by atomic mass is 16.3. The molecule has 1 N–H and O–H groups in total. The van der Waals surface area contributed by atoms with Gasteiger partial charge in [0.1, 0.15) is 11.5 Å². The first-order chi connectivity index (χ1) is 12.1. The number of furan rings is 1. The van der Waals surface area contributed by atoms with Crippen molar-refractivity contribution in [1.29, 1.82) is 0 Å². The third-order valence-electron chi connectivity index (χ3n) is 4.47. The first kappa shape index (κ1) is 18.2. The maximum Gasteiger partial charge on any atom is 0.161 e. The number of para-hydroxylation sites is 1. The molecular formula is C23H27NO2. The van der Waals surface area contributed by atoms with E-state index in [4.69, 9.17) is 4.42 Å². The van der Waals surface area contributed by atoms with E-state index in [1.165, 1.54) is 0 Å². The van der Waals surface area contributed by atoms with Crippen molar-refractivity contribution in [2.24, 2.45) is 5.41 Å². The summed E-state index contributed by atoms with van der Waals surface area (Å²) in [6, 6.07) is 12.2. The predicted molar refractivity (Wildman–Crippen MR) is 108 cm³/mol. The van der Waals surface area contributed by atoms with Crippen molar-refractivity contribution in [3.05, 3.63) is 53.9 Å². The van der Waals surface area contributed by atoms with Crippen LogP contribution in [0.25, 0.3) is 28.3 Å². The summed E-state index contributed by atoms with van der Waals surface area (Å²) in [6.45, 7) is 12.2. The van der Waals surface area contributed by atoms with Gasteiger partial charge in [-0.3, -0.25) is 4.79 Å². The van der Waals surface area contributed by atoms with E-state index in [1.54, 1.807) is 6.08 Å². The molecule has 0 amide bonds. The van der Waals surface area contributed by atoms with Crippen molar-refractivity contribution in [2.75, 3.05) is 0 Å². The van der Waals surface area contributed by atoms with E-state index in [9.17, 15) is 4.79 Å². The van der Waals surface area contributed by atoms with Crippen molar-refractivity contribution < 1.29 is 9.21 Å². The van der Waals surface area contributed by atoms with Gasteiger partial charge in [-0.2, -0.15) is 0 Å². The van der Waals surface area contributed by atoms with Crippen molar-refractivity contribution in [3.63, 3.8) is 0 Å². The van der Waals surface area contributed by atoms with Crippen LogP contribution in [0.5, 0.6) is 0 Å². The van der Waals surface area contributed by atoms with E-state index < -0.39 is 5.41 Å². The molecule has 0 saturated carbocycles. The van der Waals surface area contributed by atoms with Crippen molar-refractivity contribution >= 4 is 22.8 Å². The number of hydrogen-bond donors (Lipinski definition) is 1. The SMILES string of the molecule is CC(C)(C)C(=O)/C=C/c1[nH]c2ccccc2c1-c1ccc(C(C)(C)C)o1. The van der Waals surface area contributed by atoms with Crippen LogP contribution in [-0.4, -0.2) is 10.8 Å². The maximum atomic E-state index is 12.3. The Morgan fingerprint density at radius 1 is 1.00 bits per heavy atom. The van der Waals surface area contributed by atoms with Crippen molar-refractivity contribution in [2.45, 2.75) is 47.0 Å². The zero-order valence-electron chi connectivity index (χ0n) is 16.4. The fourth-order valence-corrected chi connectivity index (χ4v) is 2.84. The molecule has 0 bridgehead atoms. The normalized spacial score (nSPS) is 13.0. The van der Waals surface area contributed by atoms with Gasteiger partial charge in [-0.25, -0.2) is 0 Å². The summed E-state index contributed by atoms with van der Waals surface area (Å²) >= 11 is 0. The summed E-state index contributed by atoms with van der Waals surface area (Å²) < 4.78 is 6.18. The lowest BCUT2D eigenvalue weighted by Gasteiger charge is -2.14. The van der Waals surface area contributed by atoms with E-state index in [0.29, 0.717) is 0 Å². The number of carbonyl (C=O) groups excluding carboxylic acids is 1. The van der Waals surface area contributed by atoms with Crippen LogP contribution in [0.2, 0.25) is 0 Å². The molecule has 0 radical (unpaired) electrons. The number of fused-ring (bicyclic) bond motifs is 1. The van der Waals surface area contributed by atoms with Gasteiger partial charge in [0.15, 0.2) is 5.78 Å². The van der Waals surface area contributed by atoms with Gasteiger partial charge in [-0.15, -0.1) is 0 Å². The third kappa shape index (κ3) is 3.52. The summed E-state index contributed by atoms with van der Waals surface area (Å²) in [5, 5.41) is 1.09. The third-order valence-corrected chi connectivity index (χ3v) is 4.47. The Kier molecular flexibility index (Phi) is 4.43. The Hall–Kier alpha value is -2.55. The van der Waals surface area contributed by atoms with Crippen LogP contribution in [0.1, 0.15) is 53.0 Å². The second-order valence-electron chi connectivity index (χ2n) is 8.82. The monoisotopic (exact) mass is 349 g/mol. The van der Waals surface area contributed by atoms with Crippen LogP contribution in [-0.2, 0) is 10.2 Å². The van der Waals surface area contributed by atoms with Crippen molar-refractivity contribution in [1.82, 2.24) is 4.98 Å². The molecule has 3 nitrogen and oxygen atoms in total. The molecule has 1 aromatic carbocycles. The quantitative estimate of drug-likeness (QED) is 0.560. The zero-order chi connectivity index (χ0) is 19.1. The number of hydrogen-bond acceptors (Lipinski definition) is 2. The molecule has 0 aliphatic rings. The number of ketones is 1. The van der Waals surface area contributed by atoms with Gasteiger partial charge in [0.25, 0.3) is 0 Å². The minimum atomic E-state index is -0.396. The Bertz CT molecular complexity index is 972. The molecule has 0 fully saturated rings. The van der Waals surface area contributed by atoms with Crippen LogP contribution >= 0.6 is 0 Å². The smallest absolute Gasteiger partial charge is 0.161 e. The molecule has 0 aliphatic heterocycles. The molecule has 2 heterocycles. The minimum absolute atomic E-state index is 0.0530. The summed E-state index contributed by atoms with van der Waals surface area (Å²) in [5.74, 6) is 1.85. The number of H-pyrrole nitrogens is 1. The van der Waals surface area contributed by atoms with Crippen LogP contribution in [0.3, 0.4) is 0 Å². The van der Waals surface area contributed by atoms with E-state index >= 15 is 0 Å². The highest BCUT2D eigenvalue weighted by Crippen LogP contribution is 2.36. The number of benzene rings is 1. The van der Waals surface area contributed by atoms with Crippen LogP contribution in [0, 0.1) is 5.41 Å². The first-order valence-electron chi connectivity index (χ1n) is 9.01. The number of allylic oxidation sites excluding steroid dienone is 1. The Balaban J connectivity index is 2.13. The van der Waals surface area contributed by atoms with Gasteiger partial charge < -0.3 is 9.40 Å². The van der Waals surface area contributed by atoms with E-state index in [-0.39, 0.29) is 11.2 Å². The van der Waals surface area contributed by atoms with Crippen LogP contribution in [0.15, 0.2) is 46.9 Å². The molecular weight excluding hydrogens is 322 g/mol. The predicted octanol–water partition coefficient (Wildman–Crippen LogP) is 6.35. The van der Waals surface area contributed by atoms with Gasteiger partial charge in [0, 0.05) is 27.3 Å². The van der Waals surface area contributed by atoms with Crippen LogP contribution in [0.4, 0.5) is 0 Å². The highest BCUT2D eigenvalue weighted by molar-refractivity contribution is 6.02. The molecule has 0 saturated heterocycles. The Morgan fingerprint density at radius 3 is 2.31 bits per heavy atom. The molecule has 0 unspecified atom stereocenters. The average Bonchev–Trinajstić information content (AvgIpc) is 3.15. The topological polar surface area (TPSA) is 46.0 Å². The first-order valence-corrected chi connectivity index (χ1v) is 9.01. The molecule has 26 heavy (non-hydrogen) atoms. The second kappa shape index (κ2) is 6.31. The molecule has 3 heteroatoms. The average molecular weight is 349 g/mol. The molecule has 136 valence electrons. The fraction of sp³-hybridized carbons (Fsp3) is 0.348. The highest BCUT2D eigenvalue weighted by Gasteiger charge is 2.22. The van der Waals surface area contributed by atoms with Gasteiger partial charge in [-0.1, -0.05) is 59.7 Å². The fourth-order valence-electron chi connectivity index (χ4n) is 2.84. The van der Waals surface area contributed by atoms with Gasteiger partial charge >= 0.3 is 0 Å². The number of rotatable bonds is 3. The lowest BCUT2D eigenvalue weighted by atomic mass is 9.90. The molecule has 2 aromatic heterocycles. The summed E-state index contributed by atoms with van der Waals surface area (Å²) in [7, 11) is 0. The zero-order valence-corrected chi connectivity index (χ0v) is 16.4. The number of aromatic amines is 1. The number of nitrogens with one attached hydrogen (secondary N) is 1. The standard InChI is InChI=1S/C23H27NO2/c1-22(2,3)19(25)13-11-17-21(15-9-7-8-10-16(15)24-17)18-12-14-20(26-18)23(4,5)6/h7-14,24H,1-6H3/b13-11+. The minimum Gasteiger partial charge on any atom is -0.460 e. The molecule has 0 spiro atoms. The van der Waals surface area contributed by atoms with E-state index in [0.717, 1.165) is 33.7 Å². The Morgan fingerprint density at radius 2 is 1.69 bits per heavy atom. The lowest BCUT2D eigenvalue weighted by molar-refractivity contribution is -0.121. The second-order valence-corrected chi connectivity index (χ2v) is 8.82. The maximum absolute atomic E-state index is 12.3. The molecule has 0 atom stereocenters. The van der Waals surface area contributed by atoms with Crippen molar-refractivity contribution in [3.8, 4) is 11.3 Å². The molecule has 3 rings (SSSR count). The van der Waals surface area contributed by atoms with Gasteiger partial charge in [0.05, 0.1) is 5.69 Å². The molecule has 3 aromatic rings. The van der Waals surface area contributed by atoms with Gasteiger partial charge in [-0.05, 0) is 30.4 Å². The summed E-state index contributed by atoms with van der Waals surface area (Å²) in [5.41, 5.74) is 2.46. The number of aromatic nitrogens is 1. The van der Waals surface area contributed by atoms with Crippen LogP contribution < -0.4 is 0 Å².